The molecular formula is C7H14BNO4. The molecule has 0 saturated carbocycles. The highest BCUT2D eigenvalue weighted by Gasteiger charge is 2.14. The molecule has 0 aliphatic rings. The van der Waals surface area contributed by atoms with Gasteiger partial charge in [-0.2, -0.15) is 0 Å². The summed E-state index contributed by atoms with van der Waals surface area (Å²) in [6, 6.07) is 0. The second-order valence-electron chi connectivity index (χ2n) is 3.42. The Bertz CT molecular complexity index is 197. The smallest absolute Gasteiger partial charge is 0.444 e. The fraction of sp³-hybridized carbons (Fsp3) is 0.571. The standard InChI is InChI=1S/C7H14BNO4/c1-7(2,3)13-6(10)9-5-4-8(11)12/h4-5,11-12H,1-3H3,(H,9,10)/b5-4+. The summed E-state index contributed by atoms with van der Waals surface area (Å²) < 4.78 is 4.85. The molecule has 1 amide bonds. The first-order chi connectivity index (χ1) is 5.81. The van der Waals surface area contributed by atoms with E-state index in [4.69, 9.17) is 14.8 Å². The molecule has 0 aliphatic heterocycles. The van der Waals surface area contributed by atoms with Crippen LogP contribution in [-0.2, 0) is 4.74 Å². The predicted octanol–water partition coefficient (Wildman–Crippen LogP) is 0.0368. The fourth-order valence-corrected chi connectivity index (χ4v) is 0.510. The van der Waals surface area contributed by atoms with Crippen LogP contribution < -0.4 is 5.32 Å². The van der Waals surface area contributed by atoms with Gasteiger partial charge in [0.25, 0.3) is 0 Å². The molecule has 0 unspecified atom stereocenters. The molecule has 0 radical (unpaired) electrons. The van der Waals surface area contributed by atoms with Crippen LogP contribution in [0, 0.1) is 0 Å². The van der Waals surface area contributed by atoms with Crippen molar-refractivity contribution in [3.05, 3.63) is 12.2 Å². The van der Waals surface area contributed by atoms with E-state index in [-0.39, 0.29) is 0 Å². The maximum absolute atomic E-state index is 10.9. The van der Waals surface area contributed by atoms with Crippen LogP contribution in [-0.4, -0.2) is 28.9 Å². The average molecular weight is 187 g/mol. The number of rotatable bonds is 2. The van der Waals surface area contributed by atoms with E-state index in [1.54, 1.807) is 20.8 Å². The summed E-state index contributed by atoms with van der Waals surface area (Å²) in [5, 5.41) is 19.0. The van der Waals surface area contributed by atoms with Crippen LogP contribution in [0.1, 0.15) is 20.8 Å². The van der Waals surface area contributed by atoms with Crippen molar-refractivity contribution in [2.24, 2.45) is 0 Å². The van der Waals surface area contributed by atoms with Gasteiger partial charge in [0.1, 0.15) is 5.60 Å². The van der Waals surface area contributed by atoms with Gasteiger partial charge in [0.2, 0.25) is 0 Å². The van der Waals surface area contributed by atoms with Crippen molar-refractivity contribution in [2.45, 2.75) is 26.4 Å². The van der Waals surface area contributed by atoms with Crippen LogP contribution in [0.2, 0.25) is 0 Å². The van der Waals surface area contributed by atoms with Crippen LogP contribution in [0.5, 0.6) is 0 Å². The van der Waals surface area contributed by atoms with Crippen molar-refractivity contribution < 1.29 is 19.6 Å². The number of carbonyl (C=O) groups excluding carboxylic acids is 1. The zero-order chi connectivity index (χ0) is 10.5. The average Bonchev–Trinajstić information content (AvgIpc) is 1.81. The summed E-state index contributed by atoms with van der Waals surface area (Å²) >= 11 is 0. The topological polar surface area (TPSA) is 78.8 Å². The van der Waals surface area contributed by atoms with Crippen molar-refractivity contribution in [3.8, 4) is 0 Å². The maximum Gasteiger partial charge on any atom is 0.482 e. The molecule has 0 atom stereocenters. The molecule has 0 fully saturated rings. The molecule has 13 heavy (non-hydrogen) atoms. The van der Waals surface area contributed by atoms with Gasteiger partial charge in [-0.1, -0.05) is 0 Å². The molecule has 0 aromatic rings. The first kappa shape index (κ1) is 12.0. The number of alkyl carbamates (subject to hydrolysis) is 1. The van der Waals surface area contributed by atoms with Crippen molar-refractivity contribution in [2.75, 3.05) is 0 Å². The molecule has 5 nitrogen and oxygen atoms in total. The van der Waals surface area contributed by atoms with E-state index in [9.17, 15) is 4.79 Å². The van der Waals surface area contributed by atoms with Gasteiger partial charge in [-0.05, 0) is 32.9 Å². The van der Waals surface area contributed by atoms with Gasteiger partial charge in [-0.25, -0.2) is 4.79 Å². The number of hydrogen-bond acceptors (Lipinski definition) is 4. The molecule has 0 aromatic carbocycles. The molecule has 0 rings (SSSR count). The summed E-state index contributed by atoms with van der Waals surface area (Å²) in [5.74, 6) is 1.00. The summed E-state index contributed by atoms with van der Waals surface area (Å²) in [4.78, 5) is 10.9. The summed E-state index contributed by atoms with van der Waals surface area (Å²) in [6.07, 6.45) is 0.475. The Labute approximate surface area is 77.5 Å². The first-order valence-corrected chi connectivity index (χ1v) is 3.83. The third-order valence-corrected chi connectivity index (χ3v) is 0.868. The van der Waals surface area contributed by atoms with Gasteiger partial charge in [0.15, 0.2) is 0 Å². The normalized spacial score (nSPS) is 11.5. The Morgan fingerprint density at radius 2 is 2.00 bits per heavy atom. The molecular weight excluding hydrogens is 173 g/mol. The summed E-state index contributed by atoms with van der Waals surface area (Å²) in [5.41, 5.74) is -0.560. The second kappa shape index (κ2) is 4.88. The maximum atomic E-state index is 10.9. The van der Waals surface area contributed by atoms with Crippen molar-refractivity contribution in [1.82, 2.24) is 5.32 Å². The van der Waals surface area contributed by atoms with Gasteiger partial charge in [0, 0.05) is 0 Å². The van der Waals surface area contributed by atoms with Gasteiger partial charge in [0.05, 0.1) is 0 Å². The first-order valence-electron chi connectivity index (χ1n) is 3.83. The van der Waals surface area contributed by atoms with E-state index in [2.05, 4.69) is 5.32 Å². The third kappa shape index (κ3) is 8.90. The Hall–Kier alpha value is -1.01. The Morgan fingerprint density at radius 1 is 1.46 bits per heavy atom. The zero-order valence-electron chi connectivity index (χ0n) is 7.94. The highest BCUT2D eigenvalue weighted by atomic mass is 16.6. The van der Waals surface area contributed by atoms with E-state index < -0.39 is 18.8 Å². The lowest BCUT2D eigenvalue weighted by molar-refractivity contribution is 0.0552. The molecule has 0 aliphatic carbocycles. The zero-order valence-corrected chi connectivity index (χ0v) is 7.94. The number of amides is 1. The van der Waals surface area contributed by atoms with Crippen LogP contribution in [0.25, 0.3) is 0 Å². The van der Waals surface area contributed by atoms with Crippen LogP contribution in [0.3, 0.4) is 0 Å². The largest absolute Gasteiger partial charge is 0.482 e. The number of carbonyl (C=O) groups is 1. The fourth-order valence-electron chi connectivity index (χ4n) is 0.510. The Balaban J connectivity index is 3.77. The SMILES string of the molecule is CC(C)(C)OC(=O)N/C=C/B(O)O. The third-order valence-electron chi connectivity index (χ3n) is 0.868. The van der Waals surface area contributed by atoms with E-state index in [0.29, 0.717) is 0 Å². The summed E-state index contributed by atoms with van der Waals surface area (Å²) in [6.45, 7) is 5.20. The minimum atomic E-state index is -1.57. The lowest BCUT2D eigenvalue weighted by atomic mass is 9.93. The van der Waals surface area contributed by atoms with Gasteiger partial charge in [-0.3, -0.25) is 5.32 Å². The monoisotopic (exact) mass is 187 g/mol. The molecule has 74 valence electrons. The molecule has 6 heteroatoms. The van der Waals surface area contributed by atoms with E-state index in [0.717, 1.165) is 12.2 Å². The molecule has 0 spiro atoms. The molecule has 0 saturated heterocycles. The van der Waals surface area contributed by atoms with Gasteiger partial charge in [-0.15, -0.1) is 0 Å². The lowest BCUT2D eigenvalue weighted by Crippen LogP contribution is -2.30. The molecule has 0 bridgehead atoms. The predicted molar refractivity (Wildman–Crippen MR) is 48.7 cm³/mol. The van der Waals surface area contributed by atoms with E-state index in [1.165, 1.54) is 0 Å². The van der Waals surface area contributed by atoms with Crippen LogP contribution >= 0.6 is 0 Å². The van der Waals surface area contributed by atoms with Crippen molar-refractivity contribution in [3.63, 3.8) is 0 Å². The second-order valence-corrected chi connectivity index (χ2v) is 3.42. The summed E-state index contributed by atoms with van der Waals surface area (Å²) in [7, 11) is -1.57. The van der Waals surface area contributed by atoms with Crippen LogP contribution in [0.15, 0.2) is 12.2 Å². The highest BCUT2D eigenvalue weighted by Crippen LogP contribution is 2.06. The van der Waals surface area contributed by atoms with Gasteiger partial charge < -0.3 is 14.8 Å². The molecule has 0 heterocycles. The quantitative estimate of drug-likeness (QED) is 0.533. The van der Waals surface area contributed by atoms with E-state index >= 15 is 0 Å². The number of hydrogen-bond donors (Lipinski definition) is 3. The Morgan fingerprint density at radius 3 is 2.38 bits per heavy atom. The number of ether oxygens (including phenoxy) is 1. The van der Waals surface area contributed by atoms with Crippen molar-refractivity contribution >= 4 is 13.2 Å². The minimum Gasteiger partial charge on any atom is -0.444 e. The lowest BCUT2D eigenvalue weighted by Gasteiger charge is -2.18. The van der Waals surface area contributed by atoms with Crippen LogP contribution in [0.4, 0.5) is 4.79 Å². The highest BCUT2D eigenvalue weighted by molar-refractivity contribution is 6.47. The van der Waals surface area contributed by atoms with Gasteiger partial charge >= 0.3 is 13.2 Å². The minimum absolute atomic E-state index is 0.560. The number of nitrogens with one attached hydrogen (secondary N) is 1. The molecule has 0 aromatic heterocycles. The Kier molecular flexibility index (Phi) is 4.51. The molecule has 3 N–H and O–H groups in total. The van der Waals surface area contributed by atoms with Crippen molar-refractivity contribution in [1.29, 1.82) is 0 Å². The van der Waals surface area contributed by atoms with E-state index in [1.807, 2.05) is 0 Å².